The summed E-state index contributed by atoms with van der Waals surface area (Å²) in [4.78, 5) is 11.2. The van der Waals surface area contributed by atoms with Crippen molar-refractivity contribution < 1.29 is 4.79 Å². The molecule has 0 aromatic rings. The fraction of sp³-hybridized carbons (Fsp3) is 0.500. The maximum atomic E-state index is 11.2. The first-order chi connectivity index (χ1) is 5.15. The van der Waals surface area contributed by atoms with Gasteiger partial charge in [-0.05, 0) is 11.8 Å². The van der Waals surface area contributed by atoms with E-state index in [-0.39, 0.29) is 5.78 Å². The summed E-state index contributed by atoms with van der Waals surface area (Å²) in [5, 5.41) is 0. The van der Waals surface area contributed by atoms with Gasteiger partial charge in [0.2, 0.25) is 0 Å². The minimum Gasteiger partial charge on any atom is -0.294 e. The van der Waals surface area contributed by atoms with Crippen molar-refractivity contribution in [3.05, 3.63) is 24.3 Å². The Labute approximate surface area is 67.8 Å². The van der Waals surface area contributed by atoms with Crippen LogP contribution in [-0.2, 0) is 4.79 Å². The SMILES string of the molecule is C=CC1=CC(C(C)C)CC1=O. The number of rotatable bonds is 2. The number of hydrogen-bond acceptors (Lipinski definition) is 1. The van der Waals surface area contributed by atoms with E-state index in [0.29, 0.717) is 18.3 Å². The lowest BCUT2D eigenvalue weighted by atomic mass is 9.96. The van der Waals surface area contributed by atoms with Crippen LogP contribution in [0.15, 0.2) is 24.3 Å². The van der Waals surface area contributed by atoms with E-state index in [1.54, 1.807) is 6.08 Å². The molecule has 11 heavy (non-hydrogen) atoms. The standard InChI is InChI=1S/C10H14O/c1-4-8-5-9(7(2)3)6-10(8)11/h4-5,7,9H,1,6H2,2-3H3. The molecule has 0 fully saturated rings. The molecule has 0 saturated carbocycles. The van der Waals surface area contributed by atoms with Gasteiger partial charge in [-0.15, -0.1) is 0 Å². The Kier molecular flexibility index (Phi) is 2.28. The molecule has 0 aromatic heterocycles. The molecule has 0 amide bonds. The number of ketones is 1. The van der Waals surface area contributed by atoms with Gasteiger partial charge in [0.15, 0.2) is 5.78 Å². The van der Waals surface area contributed by atoms with Gasteiger partial charge in [0, 0.05) is 12.0 Å². The highest BCUT2D eigenvalue weighted by Crippen LogP contribution is 2.27. The van der Waals surface area contributed by atoms with E-state index in [9.17, 15) is 4.79 Å². The zero-order valence-corrected chi connectivity index (χ0v) is 7.13. The van der Waals surface area contributed by atoms with E-state index in [2.05, 4.69) is 20.4 Å². The van der Waals surface area contributed by atoms with Crippen LogP contribution in [0.3, 0.4) is 0 Å². The smallest absolute Gasteiger partial charge is 0.163 e. The molecule has 0 spiro atoms. The summed E-state index contributed by atoms with van der Waals surface area (Å²) in [6.07, 6.45) is 4.38. The zero-order chi connectivity index (χ0) is 8.43. The predicted octanol–water partition coefficient (Wildman–Crippen LogP) is 2.34. The molecular formula is C10H14O. The maximum absolute atomic E-state index is 11.2. The van der Waals surface area contributed by atoms with Crippen molar-refractivity contribution in [3.8, 4) is 0 Å². The highest BCUT2D eigenvalue weighted by Gasteiger charge is 2.23. The fourth-order valence-corrected chi connectivity index (χ4v) is 1.32. The Morgan fingerprint density at radius 1 is 1.73 bits per heavy atom. The van der Waals surface area contributed by atoms with Crippen LogP contribution >= 0.6 is 0 Å². The van der Waals surface area contributed by atoms with Crippen LogP contribution in [0.1, 0.15) is 20.3 Å². The van der Waals surface area contributed by atoms with Gasteiger partial charge in [0.25, 0.3) is 0 Å². The summed E-state index contributed by atoms with van der Waals surface area (Å²) in [7, 11) is 0. The van der Waals surface area contributed by atoms with Crippen molar-refractivity contribution >= 4 is 5.78 Å². The summed E-state index contributed by atoms with van der Waals surface area (Å²) in [5.41, 5.74) is 0.809. The van der Waals surface area contributed by atoms with E-state index in [4.69, 9.17) is 0 Å². The molecule has 1 atom stereocenters. The molecule has 1 rings (SSSR count). The molecule has 1 nitrogen and oxygen atoms in total. The number of allylic oxidation sites excluding steroid dienone is 3. The lowest BCUT2D eigenvalue weighted by Gasteiger charge is -2.08. The maximum Gasteiger partial charge on any atom is 0.163 e. The molecule has 0 aliphatic heterocycles. The molecule has 60 valence electrons. The van der Waals surface area contributed by atoms with Crippen LogP contribution < -0.4 is 0 Å². The third kappa shape index (κ3) is 1.59. The average molecular weight is 150 g/mol. The van der Waals surface area contributed by atoms with E-state index in [1.165, 1.54) is 0 Å². The Morgan fingerprint density at radius 3 is 2.64 bits per heavy atom. The second-order valence-electron chi connectivity index (χ2n) is 3.36. The van der Waals surface area contributed by atoms with E-state index in [1.807, 2.05) is 6.08 Å². The summed E-state index contributed by atoms with van der Waals surface area (Å²) >= 11 is 0. The molecule has 0 saturated heterocycles. The van der Waals surface area contributed by atoms with E-state index < -0.39 is 0 Å². The highest BCUT2D eigenvalue weighted by molar-refractivity contribution is 6.00. The Morgan fingerprint density at radius 2 is 2.36 bits per heavy atom. The number of Topliss-reactive ketones (excluding diaryl/α,β-unsaturated/α-hetero) is 1. The first-order valence-corrected chi connectivity index (χ1v) is 4.02. The molecule has 0 heterocycles. The number of hydrogen-bond donors (Lipinski definition) is 0. The molecule has 1 heteroatoms. The molecule has 1 aliphatic rings. The quantitative estimate of drug-likeness (QED) is 0.590. The van der Waals surface area contributed by atoms with Crippen LogP contribution in [0.25, 0.3) is 0 Å². The van der Waals surface area contributed by atoms with Crippen LogP contribution in [0, 0.1) is 11.8 Å². The van der Waals surface area contributed by atoms with Crippen LogP contribution in [0.5, 0.6) is 0 Å². The van der Waals surface area contributed by atoms with E-state index >= 15 is 0 Å². The van der Waals surface area contributed by atoms with Crippen molar-refractivity contribution in [1.82, 2.24) is 0 Å². The van der Waals surface area contributed by atoms with Gasteiger partial charge in [-0.25, -0.2) is 0 Å². The van der Waals surface area contributed by atoms with Crippen molar-refractivity contribution in [2.45, 2.75) is 20.3 Å². The molecule has 0 aromatic carbocycles. The Bertz CT molecular complexity index is 211. The van der Waals surface area contributed by atoms with Crippen LogP contribution in [-0.4, -0.2) is 5.78 Å². The molecule has 0 radical (unpaired) electrons. The zero-order valence-electron chi connectivity index (χ0n) is 7.13. The lowest BCUT2D eigenvalue weighted by Crippen LogP contribution is -2.04. The monoisotopic (exact) mass is 150 g/mol. The first kappa shape index (κ1) is 8.25. The fourth-order valence-electron chi connectivity index (χ4n) is 1.32. The summed E-state index contributed by atoms with van der Waals surface area (Å²) < 4.78 is 0. The largest absolute Gasteiger partial charge is 0.294 e. The minimum atomic E-state index is 0.249. The van der Waals surface area contributed by atoms with Crippen molar-refractivity contribution in [3.63, 3.8) is 0 Å². The summed E-state index contributed by atoms with van der Waals surface area (Å²) in [6, 6.07) is 0. The van der Waals surface area contributed by atoms with Gasteiger partial charge in [0.05, 0.1) is 0 Å². The molecule has 1 unspecified atom stereocenters. The Hall–Kier alpha value is -0.850. The molecule has 0 bridgehead atoms. The van der Waals surface area contributed by atoms with Crippen molar-refractivity contribution in [2.24, 2.45) is 11.8 Å². The molecule has 1 aliphatic carbocycles. The average Bonchev–Trinajstić information content (AvgIpc) is 2.31. The first-order valence-electron chi connectivity index (χ1n) is 4.02. The van der Waals surface area contributed by atoms with Crippen molar-refractivity contribution in [2.75, 3.05) is 0 Å². The van der Waals surface area contributed by atoms with Gasteiger partial charge in [-0.2, -0.15) is 0 Å². The van der Waals surface area contributed by atoms with Gasteiger partial charge >= 0.3 is 0 Å². The van der Waals surface area contributed by atoms with Crippen molar-refractivity contribution in [1.29, 1.82) is 0 Å². The summed E-state index contributed by atoms with van der Waals surface area (Å²) in [5.74, 6) is 1.26. The second kappa shape index (κ2) is 3.04. The van der Waals surface area contributed by atoms with E-state index in [0.717, 1.165) is 5.57 Å². The molecule has 0 N–H and O–H groups in total. The minimum absolute atomic E-state index is 0.249. The van der Waals surface area contributed by atoms with Gasteiger partial charge in [0.1, 0.15) is 0 Å². The Balaban J connectivity index is 2.74. The van der Waals surface area contributed by atoms with Crippen LogP contribution in [0.4, 0.5) is 0 Å². The highest BCUT2D eigenvalue weighted by atomic mass is 16.1. The molecular weight excluding hydrogens is 136 g/mol. The number of carbonyl (C=O) groups excluding carboxylic acids is 1. The predicted molar refractivity (Wildman–Crippen MR) is 46.2 cm³/mol. The second-order valence-corrected chi connectivity index (χ2v) is 3.36. The normalized spacial score (nSPS) is 24.1. The van der Waals surface area contributed by atoms with Gasteiger partial charge < -0.3 is 0 Å². The van der Waals surface area contributed by atoms with Gasteiger partial charge in [-0.1, -0.05) is 32.6 Å². The number of carbonyl (C=O) groups is 1. The summed E-state index contributed by atoms with van der Waals surface area (Å²) in [6.45, 7) is 7.88. The third-order valence-electron chi connectivity index (χ3n) is 2.21. The van der Waals surface area contributed by atoms with Crippen LogP contribution in [0.2, 0.25) is 0 Å². The third-order valence-corrected chi connectivity index (χ3v) is 2.21. The lowest BCUT2D eigenvalue weighted by molar-refractivity contribution is -0.115. The topological polar surface area (TPSA) is 17.1 Å². The van der Waals surface area contributed by atoms with Gasteiger partial charge in [-0.3, -0.25) is 4.79 Å².